The molecule has 3 amide bonds. The average Bonchev–Trinajstić information content (AvgIpc) is 2.56. The molecule has 1 atom stereocenters. The van der Waals surface area contributed by atoms with Crippen LogP contribution in [-0.4, -0.2) is 24.0 Å². The molecule has 1 fully saturated rings. The molecule has 23 heavy (non-hydrogen) atoms. The molecule has 0 saturated heterocycles. The maximum Gasteiger partial charge on any atom is 0.319 e. The molecule has 2 rings (SSSR count). The fourth-order valence-electron chi connectivity index (χ4n) is 2.78. The third-order valence-corrected chi connectivity index (χ3v) is 4.35. The van der Waals surface area contributed by atoms with E-state index in [1.165, 1.54) is 19.3 Å². The zero-order valence-electron chi connectivity index (χ0n) is 14.0. The standard InChI is InChI=1S/C18H27N3O2/c1-3-13(2)19-17(22)15-11-7-8-12-16(15)21-18(23)20-14-9-5-4-6-10-14/h7-8,11-14H,3-6,9-10H2,1-2H3,(H,19,22)(H2,20,21,23). The van der Waals surface area contributed by atoms with E-state index >= 15 is 0 Å². The van der Waals surface area contributed by atoms with Crippen molar-refractivity contribution in [2.24, 2.45) is 0 Å². The molecule has 1 aromatic carbocycles. The van der Waals surface area contributed by atoms with Crippen LogP contribution in [0.3, 0.4) is 0 Å². The molecule has 1 unspecified atom stereocenters. The van der Waals surface area contributed by atoms with Crippen LogP contribution < -0.4 is 16.0 Å². The number of urea groups is 1. The van der Waals surface area contributed by atoms with E-state index in [4.69, 9.17) is 0 Å². The quantitative estimate of drug-likeness (QED) is 0.775. The number of amides is 3. The monoisotopic (exact) mass is 317 g/mol. The fourth-order valence-corrected chi connectivity index (χ4v) is 2.78. The summed E-state index contributed by atoms with van der Waals surface area (Å²) in [6.45, 7) is 3.98. The summed E-state index contributed by atoms with van der Waals surface area (Å²) in [6.07, 6.45) is 6.51. The van der Waals surface area contributed by atoms with Crippen LogP contribution >= 0.6 is 0 Å². The minimum absolute atomic E-state index is 0.103. The van der Waals surface area contributed by atoms with Gasteiger partial charge in [-0.3, -0.25) is 4.79 Å². The highest BCUT2D eigenvalue weighted by atomic mass is 16.2. The number of para-hydroxylation sites is 1. The first-order valence-electron chi connectivity index (χ1n) is 8.57. The predicted molar refractivity (Wildman–Crippen MR) is 92.7 cm³/mol. The molecule has 5 heteroatoms. The smallest absolute Gasteiger partial charge is 0.319 e. The third kappa shape index (κ3) is 5.27. The van der Waals surface area contributed by atoms with Gasteiger partial charge in [-0.1, -0.05) is 38.3 Å². The molecule has 0 radical (unpaired) electrons. The number of carbonyl (C=O) groups is 2. The van der Waals surface area contributed by atoms with Gasteiger partial charge in [0.25, 0.3) is 5.91 Å². The Morgan fingerprint density at radius 1 is 1.17 bits per heavy atom. The van der Waals surface area contributed by atoms with Gasteiger partial charge in [0.15, 0.2) is 0 Å². The molecule has 1 aromatic rings. The lowest BCUT2D eigenvalue weighted by molar-refractivity contribution is 0.0940. The van der Waals surface area contributed by atoms with Crippen LogP contribution in [-0.2, 0) is 0 Å². The molecule has 1 saturated carbocycles. The van der Waals surface area contributed by atoms with E-state index < -0.39 is 0 Å². The Kier molecular flexibility index (Phi) is 6.44. The van der Waals surface area contributed by atoms with E-state index in [0.717, 1.165) is 19.3 Å². The summed E-state index contributed by atoms with van der Waals surface area (Å²) >= 11 is 0. The van der Waals surface area contributed by atoms with Crippen molar-refractivity contribution < 1.29 is 9.59 Å². The summed E-state index contributed by atoms with van der Waals surface area (Å²) in [6, 6.07) is 7.21. The third-order valence-electron chi connectivity index (χ3n) is 4.35. The normalized spacial score (nSPS) is 16.4. The second kappa shape index (κ2) is 8.56. The largest absolute Gasteiger partial charge is 0.350 e. The van der Waals surface area contributed by atoms with Gasteiger partial charge in [-0.15, -0.1) is 0 Å². The number of carbonyl (C=O) groups excluding carboxylic acids is 2. The zero-order valence-corrected chi connectivity index (χ0v) is 14.0. The summed E-state index contributed by atoms with van der Waals surface area (Å²) in [4.78, 5) is 24.5. The lowest BCUT2D eigenvalue weighted by Gasteiger charge is -2.23. The molecule has 1 aliphatic carbocycles. The highest BCUT2D eigenvalue weighted by molar-refractivity contribution is 6.03. The van der Waals surface area contributed by atoms with Crippen LogP contribution in [0.15, 0.2) is 24.3 Å². The van der Waals surface area contributed by atoms with Crippen molar-refractivity contribution in [3.05, 3.63) is 29.8 Å². The number of hydrogen-bond acceptors (Lipinski definition) is 2. The molecule has 3 N–H and O–H groups in total. The van der Waals surface area contributed by atoms with Crippen LogP contribution in [0.25, 0.3) is 0 Å². The Labute approximate surface area is 138 Å². The van der Waals surface area contributed by atoms with E-state index in [2.05, 4.69) is 16.0 Å². The number of nitrogens with one attached hydrogen (secondary N) is 3. The van der Waals surface area contributed by atoms with Crippen molar-refractivity contribution in [2.45, 2.75) is 64.5 Å². The van der Waals surface area contributed by atoms with Crippen LogP contribution in [0.1, 0.15) is 62.7 Å². The maximum absolute atomic E-state index is 12.3. The molecule has 0 spiro atoms. The van der Waals surface area contributed by atoms with E-state index in [0.29, 0.717) is 11.3 Å². The summed E-state index contributed by atoms with van der Waals surface area (Å²) in [5, 5.41) is 8.75. The van der Waals surface area contributed by atoms with E-state index in [1.54, 1.807) is 18.2 Å². The van der Waals surface area contributed by atoms with Gasteiger partial charge in [0.2, 0.25) is 0 Å². The van der Waals surface area contributed by atoms with Crippen molar-refractivity contribution in [2.75, 3.05) is 5.32 Å². The Morgan fingerprint density at radius 2 is 1.87 bits per heavy atom. The van der Waals surface area contributed by atoms with Gasteiger partial charge in [-0.2, -0.15) is 0 Å². The lowest BCUT2D eigenvalue weighted by atomic mass is 9.96. The Bertz CT molecular complexity index is 539. The Morgan fingerprint density at radius 3 is 2.57 bits per heavy atom. The summed E-state index contributed by atoms with van der Waals surface area (Å²) in [5.41, 5.74) is 1.04. The van der Waals surface area contributed by atoms with Crippen LogP contribution in [0.4, 0.5) is 10.5 Å². The first-order valence-corrected chi connectivity index (χ1v) is 8.57. The van der Waals surface area contributed by atoms with E-state index in [-0.39, 0.29) is 24.0 Å². The Hall–Kier alpha value is -2.04. The van der Waals surface area contributed by atoms with Crippen molar-refractivity contribution in [1.29, 1.82) is 0 Å². The number of rotatable bonds is 5. The SMILES string of the molecule is CCC(C)NC(=O)c1ccccc1NC(=O)NC1CCCCC1. The van der Waals surface area contributed by atoms with Gasteiger partial charge in [-0.25, -0.2) is 4.79 Å². The minimum Gasteiger partial charge on any atom is -0.350 e. The van der Waals surface area contributed by atoms with Crippen molar-refractivity contribution >= 4 is 17.6 Å². The highest BCUT2D eigenvalue weighted by Crippen LogP contribution is 2.18. The molecule has 1 aliphatic rings. The van der Waals surface area contributed by atoms with Gasteiger partial charge in [0.1, 0.15) is 0 Å². The first kappa shape index (κ1) is 17.3. The lowest BCUT2D eigenvalue weighted by Crippen LogP contribution is -2.39. The van der Waals surface area contributed by atoms with Crippen LogP contribution in [0.5, 0.6) is 0 Å². The van der Waals surface area contributed by atoms with Gasteiger partial charge in [-0.05, 0) is 38.3 Å². The summed E-state index contributed by atoms with van der Waals surface area (Å²) in [7, 11) is 0. The second-order valence-corrected chi connectivity index (χ2v) is 6.26. The van der Waals surface area contributed by atoms with Crippen molar-refractivity contribution in [3.63, 3.8) is 0 Å². The molecular formula is C18H27N3O2. The maximum atomic E-state index is 12.3. The first-order chi connectivity index (χ1) is 11.1. The van der Waals surface area contributed by atoms with E-state index in [1.807, 2.05) is 19.9 Å². The number of hydrogen-bond donors (Lipinski definition) is 3. The fraction of sp³-hybridized carbons (Fsp3) is 0.556. The van der Waals surface area contributed by atoms with Gasteiger partial charge in [0.05, 0.1) is 11.3 Å². The molecule has 0 bridgehead atoms. The summed E-state index contributed by atoms with van der Waals surface area (Å²) < 4.78 is 0. The topological polar surface area (TPSA) is 70.2 Å². The molecular weight excluding hydrogens is 290 g/mol. The molecule has 5 nitrogen and oxygen atoms in total. The second-order valence-electron chi connectivity index (χ2n) is 6.26. The van der Waals surface area contributed by atoms with Gasteiger partial charge >= 0.3 is 6.03 Å². The Balaban J connectivity index is 1.98. The molecule has 0 aliphatic heterocycles. The number of benzene rings is 1. The predicted octanol–water partition coefficient (Wildman–Crippen LogP) is 3.67. The van der Waals surface area contributed by atoms with Crippen LogP contribution in [0.2, 0.25) is 0 Å². The molecule has 126 valence electrons. The zero-order chi connectivity index (χ0) is 16.7. The minimum atomic E-state index is -0.235. The molecule has 0 heterocycles. The highest BCUT2D eigenvalue weighted by Gasteiger charge is 2.18. The van der Waals surface area contributed by atoms with Crippen LogP contribution in [0, 0.1) is 0 Å². The van der Waals surface area contributed by atoms with Gasteiger partial charge < -0.3 is 16.0 Å². The average molecular weight is 317 g/mol. The van der Waals surface area contributed by atoms with Gasteiger partial charge in [0, 0.05) is 12.1 Å². The van der Waals surface area contributed by atoms with Crippen molar-refractivity contribution in [3.8, 4) is 0 Å². The number of anilines is 1. The molecule has 0 aromatic heterocycles. The summed E-state index contributed by atoms with van der Waals surface area (Å²) in [5.74, 6) is -0.159. The van der Waals surface area contributed by atoms with Crippen molar-refractivity contribution in [1.82, 2.24) is 10.6 Å². The van der Waals surface area contributed by atoms with E-state index in [9.17, 15) is 9.59 Å².